The van der Waals surface area contributed by atoms with Crippen LogP contribution in [0.3, 0.4) is 0 Å². The number of phenolic OH excluding ortho intramolecular Hbond substituents is 1. The highest BCUT2D eigenvalue weighted by molar-refractivity contribution is 5.88. The molecule has 1 aromatic carbocycles. The fraction of sp³-hybridized carbons (Fsp3) is 0.464. The molecule has 0 spiro atoms. The quantitative estimate of drug-likeness (QED) is 0.126. The maximum Gasteiger partial charge on any atom is 0.326 e. The van der Waals surface area contributed by atoms with Crippen LogP contribution >= 0.6 is 0 Å². The number of carbonyl (C=O) groups is 2. The van der Waals surface area contributed by atoms with Crippen molar-refractivity contribution in [3.8, 4) is 5.75 Å². The van der Waals surface area contributed by atoms with Gasteiger partial charge in [0.15, 0.2) is 5.43 Å². The number of aromatic hydroxyl groups is 1. The fourth-order valence-corrected chi connectivity index (χ4v) is 5.02. The normalized spacial score (nSPS) is 23.3. The SMILES string of the molecule is C/C(Cc1cc(=O)c2c(C)cc(O)c(C3OC(CO)C(O)C(O)C3O)c2o1)=N/CCC(=O)NC(Cc1cnc[nH]1)C(=O)O. The number of imidazole rings is 1. The number of aryl methyl sites for hydroxylation is 1. The lowest BCUT2D eigenvalue weighted by molar-refractivity contribution is -0.231. The first kappa shape index (κ1) is 31.8. The number of carboxylic acids is 1. The van der Waals surface area contributed by atoms with E-state index in [2.05, 4.69) is 20.3 Å². The van der Waals surface area contributed by atoms with E-state index < -0.39 is 66.2 Å². The Morgan fingerprint density at radius 1 is 1.19 bits per heavy atom. The van der Waals surface area contributed by atoms with Crippen LogP contribution in [-0.4, -0.2) is 102 Å². The number of phenols is 1. The maximum absolute atomic E-state index is 13.1. The number of hydrogen-bond acceptors (Lipinski definition) is 12. The molecule has 3 aromatic rings. The summed E-state index contributed by atoms with van der Waals surface area (Å²) in [4.78, 5) is 47.9. The van der Waals surface area contributed by atoms with E-state index in [4.69, 9.17) is 9.15 Å². The van der Waals surface area contributed by atoms with Crippen LogP contribution in [0.15, 0.2) is 38.9 Å². The van der Waals surface area contributed by atoms with Gasteiger partial charge in [0.05, 0.1) is 23.9 Å². The Morgan fingerprint density at radius 2 is 1.93 bits per heavy atom. The second-order valence-electron chi connectivity index (χ2n) is 10.4. The lowest BCUT2D eigenvalue weighted by Gasteiger charge is -2.40. The van der Waals surface area contributed by atoms with Crippen LogP contribution in [-0.2, 0) is 27.2 Å². The van der Waals surface area contributed by atoms with Crippen LogP contribution in [0.5, 0.6) is 5.75 Å². The van der Waals surface area contributed by atoms with Gasteiger partial charge in [0.1, 0.15) is 53.7 Å². The van der Waals surface area contributed by atoms with E-state index in [0.717, 1.165) is 0 Å². The van der Waals surface area contributed by atoms with E-state index in [-0.39, 0.29) is 48.1 Å². The number of aliphatic hydroxyl groups excluding tert-OH is 4. The minimum absolute atomic E-state index is 0.0297. The van der Waals surface area contributed by atoms with Gasteiger partial charge in [-0.3, -0.25) is 14.6 Å². The number of carbonyl (C=O) groups excluding carboxylic acids is 1. The molecule has 1 amide bonds. The number of aromatic amines is 1. The zero-order valence-electron chi connectivity index (χ0n) is 23.4. The molecule has 43 heavy (non-hydrogen) atoms. The molecule has 15 nitrogen and oxygen atoms in total. The summed E-state index contributed by atoms with van der Waals surface area (Å²) >= 11 is 0. The third-order valence-electron chi connectivity index (χ3n) is 7.21. The Bertz CT molecular complexity index is 1550. The Labute approximate surface area is 244 Å². The van der Waals surface area contributed by atoms with Gasteiger partial charge < -0.3 is 50.1 Å². The lowest BCUT2D eigenvalue weighted by Crippen LogP contribution is -2.55. The standard InChI is InChI=1S/C28H34N4O11/c1-12-5-17(34)22(27-25(39)24(38)23(37)19(10-33)43-27)26-21(12)18(35)8-15(42-26)6-13(2)30-4-3-20(36)32-16(28(40)41)7-14-9-29-11-31-14/h5,8-9,11,16,19,23-25,27,33-34,37-39H,3-4,6-7,10H2,1-2H3,(H,29,31)(H,32,36)(H,40,41)/b30-13-. The summed E-state index contributed by atoms with van der Waals surface area (Å²) in [5, 5.41) is 63.5. The number of hydrogen-bond donors (Lipinski definition) is 8. The second kappa shape index (κ2) is 13.4. The molecule has 2 aromatic heterocycles. The van der Waals surface area contributed by atoms with E-state index in [1.54, 1.807) is 13.8 Å². The number of aliphatic imine (C=N–C) groups is 1. The van der Waals surface area contributed by atoms with E-state index in [1.807, 2.05) is 0 Å². The first-order valence-electron chi connectivity index (χ1n) is 13.5. The van der Waals surface area contributed by atoms with Crippen molar-refractivity contribution in [3.05, 3.63) is 57.5 Å². The van der Waals surface area contributed by atoms with Gasteiger partial charge in [-0.05, 0) is 25.5 Å². The van der Waals surface area contributed by atoms with Crippen LogP contribution in [0.1, 0.15) is 42.0 Å². The highest BCUT2D eigenvalue weighted by atomic mass is 16.5. The summed E-state index contributed by atoms with van der Waals surface area (Å²) in [6.45, 7) is 2.57. The number of fused-ring (bicyclic) bond motifs is 1. The minimum atomic E-state index is -1.72. The molecule has 0 aliphatic carbocycles. The third-order valence-corrected chi connectivity index (χ3v) is 7.21. The first-order valence-corrected chi connectivity index (χ1v) is 13.5. The number of nitrogens with one attached hydrogen (secondary N) is 2. The average Bonchev–Trinajstić information content (AvgIpc) is 3.45. The van der Waals surface area contributed by atoms with Crippen molar-refractivity contribution in [2.75, 3.05) is 13.2 Å². The van der Waals surface area contributed by atoms with Gasteiger partial charge in [0.25, 0.3) is 0 Å². The molecule has 15 heteroatoms. The van der Waals surface area contributed by atoms with Gasteiger partial charge in [0, 0.05) is 49.5 Å². The predicted octanol–water partition coefficient (Wildman–Crippen LogP) is -0.749. The maximum atomic E-state index is 13.1. The van der Waals surface area contributed by atoms with Crippen molar-refractivity contribution >= 4 is 28.6 Å². The van der Waals surface area contributed by atoms with Gasteiger partial charge >= 0.3 is 5.97 Å². The zero-order chi connectivity index (χ0) is 31.4. The summed E-state index contributed by atoms with van der Waals surface area (Å²) in [6.07, 6.45) is -4.92. The number of benzene rings is 1. The number of rotatable bonds is 11. The number of aliphatic hydroxyl groups is 4. The van der Waals surface area contributed by atoms with Crippen molar-refractivity contribution in [3.63, 3.8) is 0 Å². The molecule has 1 aliphatic rings. The number of amides is 1. The largest absolute Gasteiger partial charge is 0.507 e. The highest BCUT2D eigenvalue weighted by Crippen LogP contribution is 2.41. The molecule has 232 valence electrons. The predicted molar refractivity (Wildman–Crippen MR) is 150 cm³/mol. The summed E-state index contributed by atoms with van der Waals surface area (Å²) in [5.74, 6) is -1.96. The Hall–Kier alpha value is -4.15. The van der Waals surface area contributed by atoms with Gasteiger partial charge in [-0.25, -0.2) is 9.78 Å². The van der Waals surface area contributed by atoms with E-state index in [1.165, 1.54) is 24.7 Å². The van der Waals surface area contributed by atoms with Gasteiger partial charge in [-0.2, -0.15) is 0 Å². The molecule has 1 saturated heterocycles. The molecule has 6 unspecified atom stereocenters. The minimum Gasteiger partial charge on any atom is -0.507 e. The number of aromatic nitrogens is 2. The van der Waals surface area contributed by atoms with E-state index in [9.17, 15) is 45.0 Å². The Morgan fingerprint density at radius 3 is 2.58 bits per heavy atom. The van der Waals surface area contributed by atoms with E-state index >= 15 is 0 Å². The smallest absolute Gasteiger partial charge is 0.326 e. The average molecular weight is 603 g/mol. The van der Waals surface area contributed by atoms with Crippen molar-refractivity contribution in [2.45, 2.75) is 69.7 Å². The molecule has 3 heterocycles. The summed E-state index contributed by atoms with van der Waals surface area (Å²) < 4.78 is 11.6. The van der Waals surface area contributed by atoms with Crippen LogP contribution in [0.2, 0.25) is 0 Å². The Balaban J connectivity index is 1.52. The summed E-state index contributed by atoms with van der Waals surface area (Å²) in [7, 11) is 0. The summed E-state index contributed by atoms with van der Waals surface area (Å²) in [6, 6.07) is 1.39. The summed E-state index contributed by atoms with van der Waals surface area (Å²) in [5.41, 5.74) is 0.721. The third kappa shape index (κ3) is 7.09. The first-order chi connectivity index (χ1) is 20.4. The van der Waals surface area contributed by atoms with Gasteiger partial charge in [0.2, 0.25) is 5.91 Å². The highest BCUT2D eigenvalue weighted by Gasteiger charge is 2.46. The van der Waals surface area contributed by atoms with Crippen LogP contribution < -0.4 is 10.7 Å². The van der Waals surface area contributed by atoms with E-state index in [0.29, 0.717) is 17.0 Å². The molecule has 4 rings (SSSR count). The Kier molecular flexibility index (Phi) is 9.93. The van der Waals surface area contributed by atoms with Crippen LogP contribution in [0.4, 0.5) is 0 Å². The second-order valence-corrected chi connectivity index (χ2v) is 10.4. The number of nitrogens with zero attached hydrogens (tertiary/aromatic N) is 2. The van der Waals surface area contributed by atoms with Gasteiger partial charge in [-0.15, -0.1) is 0 Å². The number of carboxylic acid groups (broad SMARTS) is 1. The lowest BCUT2D eigenvalue weighted by atomic mass is 9.89. The van der Waals surface area contributed by atoms with Crippen LogP contribution in [0.25, 0.3) is 11.0 Å². The van der Waals surface area contributed by atoms with Crippen molar-refractivity contribution < 1.29 is 49.4 Å². The molecule has 0 bridgehead atoms. The van der Waals surface area contributed by atoms with Crippen molar-refractivity contribution in [1.29, 1.82) is 0 Å². The molecule has 1 aliphatic heterocycles. The number of H-pyrrole nitrogens is 1. The molecule has 8 N–H and O–H groups in total. The molecule has 0 radical (unpaired) electrons. The number of aliphatic carboxylic acids is 1. The molecular formula is C28H34N4O11. The van der Waals surface area contributed by atoms with Crippen molar-refractivity contribution in [2.24, 2.45) is 4.99 Å². The van der Waals surface area contributed by atoms with Gasteiger partial charge in [-0.1, -0.05) is 0 Å². The van der Waals surface area contributed by atoms with Crippen molar-refractivity contribution in [1.82, 2.24) is 15.3 Å². The zero-order valence-corrected chi connectivity index (χ0v) is 23.4. The fourth-order valence-electron chi connectivity index (χ4n) is 5.02. The monoisotopic (exact) mass is 602 g/mol. The van der Waals surface area contributed by atoms with Crippen LogP contribution in [0, 0.1) is 6.92 Å². The molecule has 6 atom stereocenters. The molecule has 0 saturated carbocycles. The molecular weight excluding hydrogens is 568 g/mol. The number of ether oxygens (including phenoxy) is 1. The topological polar surface area (TPSA) is 248 Å². The molecule has 1 fully saturated rings.